The van der Waals surface area contributed by atoms with Gasteiger partial charge in [-0.1, -0.05) is 36.4 Å². The molecule has 2 aromatic carbocycles. The second-order valence-electron chi connectivity index (χ2n) is 8.35. The molecule has 0 saturated carbocycles. The van der Waals surface area contributed by atoms with Crippen LogP contribution in [0.4, 0.5) is 10.5 Å². The number of aromatic nitrogens is 1. The summed E-state index contributed by atoms with van der Waals surface area (Å²) in [6, 6.07) is 12.4. The van der Waals surface area contributed by atoms with Gasteiger partial charge in [0.15, 0.2) is 0 Å². The molecular formula is C23H24N6O7S. The highest BCUT2D eigenvalue weighted by Gasteiger charge is 2.44. The van der Waals surface area contributed by atoms with E-state index in [1.54, 1.807) is 36.5 Å². The predicted molar refractivity (Wildman–Crippen MR) is 132 cm³/mol. The minimum Gasteiger partial charge on any atom is -0.361 e. The highest BCUT2D eigenvalue weighted by molar-refractivity contribution is 7.84. The van der Waals surface area contributed by atoms with Crippen LogP contribution in [0.25, 0.3) is 10.9 Å². The monoisotopic (exact) mass is 528 g/mol. The summed E-state index contributed by atoms with van der Waals surface area (Å²) in [7, 11) is -4.71. The molecule has 5 amide bonds. The van der Waals surface area contributed by atoms with E-state index < -0.39 is 59.2 Å². The molecule has 3 aromatic rings. The molecule has 0 spiro atoms. The van der Waals surface area contributed by atoms with Gasteiger partial charge in [-0.05, 0) is 23.8 Å². The van der Waals surface area contributed by atoms with Crippen molar-refractivity contribution in [3.8, 4) is 0 Å². The molecule has 4 rings (SSSR count). The lowest BCUT2D eigenvalue weighted by atomic mass is 10.0. The number of β-lactam (4-membered cyclic amide) rings is 1. The van der Waals surface area contributed by atoms with Crippen LogP contribution in [0.5, 0.6) is 0 Å². The molecule has 1 saturated heterocycles. The number of hydrogen-bond acceptors (Lipinski definition) is 6. The van der Waals surface area contributed by atoms with Gasteiger partial charge < -0.3 is 26.3 Å². The number of hydrogen-bond donors (Lipinski definition) is 5. The first kappa shape index (κ1) is 25.7. The molecule has 1 aliphatic heterocycles. The Morgan fingerprint density at radius 1 is 1.14 bits per heavy atom. The number of H-pyrrole nitrogens is 1. The van der Waals surface area contributed by atoms with Crippen molar-refractivity contribution in [1.29, 1.82) is 0 Å². The number of primary amides is 1. The molecule has 13 nitrogen and oxygen atoms in total. The molecule has 2 heterocycles. The van der Waals surface area contributed by atoms with Gasteiger partial charge in [0.1, 0.15) is 18.6 Å². The Balaban J connectivity index is 1.55. The van der Waals surface area contributed by atoms with Crippen LogP contribution in [-0.2, 0) is 31.1 Å². The Morgan fingerprint density at radius 2 is 1.81 bits per heavy atom. The SMILES string of the molecule is NC(=O)NC(Cc1c[nH]c2ccccc12)C(=O)N(CC(=O)NC1CN(S(=O)(=O)O)C1=O)c1ccccc1. The quantitative estimate of drug-likeness (QED) is 0.189. The minimum absolute atomic E-state index is 0.0706. The normalized spacial score (nSPS) is 16.1. The second kappa shape index (κ2) is 10.3. The standard InChI is InChI=1S/C23H24N6O7S/c24-23(33)27-18(10-14-11-25-17-9-5-4-8-16(14)17)21(31)28(15-6-2-1-3-7-15)13-20(30)26-19-12-29(22(19)32)37(34,35)36/h1-9,11,18-19,25H,10,12-13H2,(H,26,30)(H3,24,27,33)(H,34,35,36). The zero-order valence-electron chi connectivity index (χ0n) is 19.3. The summed E-state index contributed by atoms with van der Waals surface area (Å²) in [6.45, 7) is -0.974. The number of nitrogens with one attached hydrogen (secondary N) is 3. The maximum Gasteiger partial charge on any atom is 0.362 e. The summed E-state index contributed by atoms with van der Waals surface area (Å²) in [4.78, 5) is 54.4. The molecule has 1 fully saturated rings. The average Bonchev–Trinajstić information content (AvgIpc) is 3.26. The lowest BCUT2D eigenvalue weighted by Crippen LogP contribution is -2.66. The zero-order chi connectivity index (χ0) is 26.7. The first-order valence-corrected chi connectivity index (χ1v) is 12.5. The van der Waals surface area contributed by atoms with Crippen molar-refractivity contribution in [3.05, 3.63) is 66.4 Å². The van der Waals surface area contributed by atoms with Gasteiger partial charge in [0.05, 0.1) is 6.54 Å². The molecule has 2 atom stereocenters. The van der Waals surface area contributed by atoms with E-state index in [4.69, 9.17) is 10.3 Å². The number of carbonyl (C=O) groups excluding carboxylic acids is 4. The van der Waals surface area contributed by atoms with Gasteiger partial charge in [-0.15, -0.1) is 0 Å². The Kier molecular flexibility index (Phi) is 7.13. The maximum atomic E-state index is 13.7. The van der Waals surface area contributed by atoms with Crippen molar-refractivity contribution in [2.24, 2.45) is 5.73 Å². The molecule has 194 valence electrons. The first-order chi connectivity index (χ1) is 17.5. The molecule has 6 N–H and O–H groups in total. The van der Waals surface area contributed by atoms with Gasteiger partial charge in [-0.3, -0.25) is 18.9 Å². The Bertz CT molecular complexity index is 1460. The third-order valence-corrected chi connectivity index (χ3v) is 6.74. The summed E-state index contributed by atoms with van der Waals surface area (Å²) >= 11 is 0. The lowest BCUT2D eigenvalue weighted by molar-refractivity contribution is -0.140. The first-order valence-electron chi connectivity index (χ1n) is 11.1. The van der Waals surface area contributed by atoms with E-state index in [2.05, 4.69) is 15.6 Å². The third kappa shape index (κ3) is 5.70. The number of carbonyl (C=O) groups is 4. The van der Waals surface area contributed by atoms with E-state index in [0.29, 0.717) is 5.69 Å². The largest absolute Gasteiger partial charge is 0.362 e. The Morgan fingerprint density at radius 3 is 2.46 bits per heavy atom. The fraction of sp³-hybridized carbons (Fsp3) is 0.217. The summed E-state index contributed by atoms with van der Waals surface area (Å²) in [5, 5.41) is 5.65. The molecule has 2 unspecified atom stereocenters. The molecular weight excluding hydrogens is 504 g/mol. The van der Waals surface area contributed by atoms with Gasteiger partial charge in [0.2, 0.25) is 11.8 Å². The summed E-state index contributed by atoms with van der Waals surface area (Å²) in [5.41, 5.74) is 7.27. The number of amides is 5. The van der Waals surface area contributed by atoms with Crippen LogP contribution in [0.3, 0.4) is 0 Å². The highest BCUT2D eigenvalue weighted by atomic mass is 32.2. The van der Waals surface area contributed by atoms with Gasteiger partial charge in [-0.2, -0.15) is 8.42 Å². The number of para-hydroxylation sites is 2. The molecule has 1 aliphatic rings. The number of aromatic amines is 1. The predicted octanol–water partition coefficient (Wildman–Crippen LogP) is -0.0897. The summed E-state index contributed by atoms with van der Waals surface area (Å²) in [5.74, 6) is -2.39. The van der Waals surface area contributed by atoms with Crippen molar-refractivity contribution in [2.45, 2.75) is 18.5 Å². The number of nitrogens with two attached hydrogens (primary N) is 1. The Hall–Kier alpha value is -4.43. The molecule has 1 aromatic heterocycles. The van der Waals surface area contributed by atoms with Crippen molar-refractivity contribution in [2.75, 3.05) is 18.0 Å². The minimum atomic E-state index is -4.71. The summed E-state index contributed by atoms with van der Waals surface area (Å²) < 4.78 is 31.5. The zero-order valence-corrected chi connectivity index (χ0v) is 20.1. The number of urea groups is 1. The van der Waals surface area contributed by atoms with Crippen LogP contribution in [0.2, 0.25) is 0 Å². The van der Waals surface area contributed by atoms with Crippen LogP contribution >= 0.6 is 0 Å². The van der Waals surface area contributed by atoms with E-state index in [1.807, 2.05) is 24.3 Å². The van der Waals surface area contributed by atoms with Gasteiger partial charge in [0, 0.05) is 29.2 Å². The number of nitrogens with zero attached hydrogens (tertiary/aromatic N) is 2. The third-order valence-electron chi connectivity index (χ3n) is 5.86. The van der Waals surface area contributed by atoms with Crippen molar-refractivity contribution in [1.82, 2.24) is 19.9 Å². The number of rotatable bonds is 9. The molecule has 37 heavy (non-hydrogen) atoms. The second-order valence-corrected chi connectivity index (χ2v) is 9.69. The number of fused-ring (bicyclic) bond motifs is 1. The van der Waals surface area contributed by atoms with Gasteiger partial charge in [0.25, 0.3) is 5.91 Å². The fourth-order valence-corrected chi connectivity index (χ4v) is 4.77. The summed E-state index contributed by atoms with van der Waals surface area (Å²) in [6.07, 6.45) is 1.79. The number of benzene rings is 2. The lowest BCUT2D eigenvalue weighted by Gasteiger charge is -2.36. The van der Waals surface area contributed by atoms with Crippen LogP contribution in [0.15, 0.2) is 60.8 Å². The highest BCUT2D eigenvalue weighted by Crippen LogP contribution is 2.21. The molecule has 0 aliphatic carbocycles. The van der Waals surface area contributed by atoms with Crippen molar-refractivity contribution >= 4 is 50.6 Å². The molecule has 14 heteroatoms. The van der Waals surface area contributed by atoms with Crippen LogP contribution in [0, 0.1) is 0 Å². The number of anilines is 1. The molecule has 0 bridgehead atoms. The van der Waals surface area contributed by atoms with Crippen LogP contribution in [0.1, 0.15) is 5.56 Å². The fourth-order valence-electron chi connectivity index (χ4n) is 4.08. The maximum absolute atomic E-state index is 13.7. The van der Waals surface area contributed by atoms with E-state index in [1.165, 1.54) is 0 Å². The van der Waals surface area contributed by atoms with Gasteiger partial charge in [-0.25, -0.2) is 9.10 Å². The van der Waals surface area contributed by atoms with Gasteiger partial charge >= 0.3 is 16.3 Å². The Labute approximate surface area is 211 Å². The van der Waals surface area contributed by atoms with Crippen LogP contribution in [-0.4, -0.2) is 71.2 Å². The van der Waals surface area contributed by atoms with Crippen molar-refractivity contribution < 1.29 is 32.1 Å². The van der Waals surface area contributed by atoms with E-state index in [0.717, 1.165) is 21.4 Å². The van der Waals surface area contributed by atoms with Crippen molar-refractivity contribution in [3.63, 3.8) is 0 Å². The van der Waals surface area contributed by atoms with E-state index >= 15 is 0 Å². The topological polar surface area (TPSA) is 195 Å². The van der Waals surface area contributed by atoms with E-state index in [-0.39, 0.29) is 10.7 Å². The van der Waals surface area contributed by atoms with E-state index in [9.17, 15) is 27.6 Å². The smallest absolute Gasteiger partial charge is 0.361 e. The van der Waals surface area contributed by atoms with Crippen LogP contribution < -0.4 is 21.3 Å². The molecule has 0 radical (unpaired) electrons. The average molecular weight is 529 g/mol.